The van der Waals surface area contributed by atoms with E-state index in [0.29, 0.717) is 19.6 Å². The van der Waals surface area contributed by atoms with Crippen LogP contribution in [0.15, 0.2) is 34.4 Å². The fourth-order valence-electron chi connectivity index (χ4n) is 5.84. The summed E-state index contributed by atoms with van der Waals surface area (Å²) in [5.41, 5.74) is 0.748. The summed E-state index contributed by atoms with van der Waals surface area (Å²) in [6.07, 6.45) is 1.27. The Kier molecular flexibility index (Phi) is 5.29. The zero-order chi connectivity index (χ0) is 23.5. The molecule has 0 radical (unpaired) electrons. The SMILES string of the molecule is Cc1ccsc1CC1(CN2CC3CC(C2)c2cccc(=O)n2C3)C(=O)N(C)C(=O)N(C)C1=O. The molecule has 2 bridgehead atoms. The lowest BCUT2D eigenvalue weighted by molar-refractivity contribution is -0.159. The number of imide groups is 2. The molecule has 3 aliphatic rings. The molecule has 4 amide bonds. The summed E-state index contributed by atoms with van der Waals surface area (Å²) in [5, 5.41) is 1.97. The minimum absolute atomic E-state index is 0.0275. The van der Waals surface area contributed by atoms with Crippen LogP contribution in [0.1, 0.15) is 28.5 Å². The van der Waals surface area contributed by atoms with Crippen molar-refractivity contribution >= 4 is 29.2 Å². The maximum absolute atomic E-state index is 13.6. The van der Waals surface area contributed by atoms with Gasteiger partial charge in [-0.2, -0.15) is 0 Å². The lowest BCUT2D eigenvalue weighted by Crippen LogP contribution is -2.67. The number of hydrogen-bond donors (Lipinski definition) is 0. The number of nitrogens with zero attached hydrogens (tertiary/aromatic N) is 4. The molecule has 0 saturated carbocycles. The lowest BCUT2D eigenvalue weighted by atomic mass is 9.76. The molecule has 3 aliphatic heterocycles. The monoisotopic (exact) mass is 468 g/mol. The van der Waals surface area contributed by atoms with E-state index in [1.807, 2.05) is 29.0 Å². The number of thiophene rings is 1. The largest absolute Gasteiger partial charge is 0.332 e. The van der Waals surface area contributed by atoms with Crippen LogP contribution in [0.5, 0.6) is 0 Å². The summed E-state index contributed by atoms with van der Waals surface area (Å²) >= 11 is 1.54. The third-order valence-electron chi connectivity index (χ3n) is 7.48. The molecule has 5 rings (SSSR count). The number of carbonyl (C=O) groups is 3. The van der Waals surface area contributed by atoms with Crippen molar-refractivity contribution in [2.75, 3.05) is 33.7 Å². The van der Waals surface area contributed by atoms with Crippen molar-refractivity contribution in [3.05, 3.63) is 56.1 Å². The van der Waals surface area contributed by atoms with Crippen LogP contribution in [0.2, 0.25) is 0 Å². The number of barbiturate groups is 1. The molecule has 2 fully saturated rings. The Morgan fingerprint density at radius 3 is 2.39 bits per heavy atom. The fraction of sp³-hybridized carbons (Fsp3) is 0.500. The van der Waals surface area contributed by atoms with Gasteiger partial charge in [-0.1, -0.05) is 6.07 Å². The lowest BCUT2D eigenvalue weighted by Gasteiger charge is -2.48. The van der Waals surface area contributed by atoms with Gasteiger partial charge >= 0.3 is 6.03 Å². The van der Waals surface area contributed by atoms with Gasteiger partial charge in [0.25, 0.3) is 5.56 Å². The highest BCUT2D eigenvalue weighted by atomic mass is 32.1. The second kappa shape index (κ2) is 7.92. The van der Waals surface area contributed by atoms with Gasteiger partial charge < -0.3 is 9.47 Å². The summed E-state index contributed by atoms with van der Waals surface area (Å²) in [5.74, 6) is -0.410. The zero-order valence-electron chi connectivity index (χ0n) is 19.1. The van der Waals surface area contributed by atoms with Gasteiger partial charge in [0.15, 0.2) is 0 Å². The second-order valence-corrected chi connectivity index (χ2v) is 10.7. The Balaban J connectivity index is 1.50. The molecule has 33 heavy (non-hydrogen) atoms. The summed E-state index contributed by atoms with van der Waals surface area (Å²) in [7, 11) is 2.91. The highest BCUT2D eigenvalue weighted by Crippen LogP contribution is 2.40. The number of carbonyl (C=O) groups excluding carboxylic acids is 3. The van der Waals surface area contributed by atoms with Crippen molar-refractivity contribution in [1.29, 1.82) is 0 Å². The van der Waals surface area contributed by atoms with E-state index in [1.54, 1.807) is 12.1 Å². The van der Waals surface area contributed by atoms with Gasteiger partial charge in [0.1, 0.15) is 5.41 Å². The van der Waals surface area contributed by atoms with E-state index in [4.69, 9.17) is 0 Å². The topological polar surface area (TPSA) is 82.9 Å². The number of pyridine rings is 1. The number of amides is 4. The smallest absolute Gasteiger partial charge is 0.312 e. The van der Waals surface area contributed by atoms with E-state index in [0.717, 1.165) is 32.4 Å². The predicted molar refractivity (Wildman–Crippen MR) is 124 cm³/mol. The Hall–Kier alpha value is -2.78. The van der Waals surface area contributed by atoms with Gasteiger partial charge in [0.2, 0.25) is 11.8 Å². The first-order valence-corrected chi connectivity index (χ1v) is 12.1. The van der Waals surface area contributed by atoms with Crippen molar-refractivity contribution in [2.45, 2.75) is 32.2 Å². The highest BCUT2D eigenvalue weighted by Gasteiger charge is 2.57. The van der Waals surface area contributed by atoms with Crippen molar-refractivity contribution < 1.29 is 14.4 Å². The molecule has 2 unspecified atom stereocenters. The number of piperidine rings is 1. The molecule has 0 spiro atoms. The normalized spacial score (nSPS) is 24.9. The average molecular weight is 469 g/mol. The molecule has 8 nitrogen and oxygen atoms in total. The third-order valence-corrected chi connectivity index (χ3v) is 8.50. The molecule has 0 aliphatic carbocycles. The Bertz CT molecular complexity index is 1180. The second-order valence-electron chi connectivity index (χ2n) is 9.69. The van der Waals surface area contributed by atoms with Crippen molar-refractivity contribution in [2.24, 2.45) is 11.3 Å². The number of fused-ring (bicyclic) bond motifs is 4. The van der Waals surface area contributed by atoms with E-state index in [-0.39, 0.29) is 30.4 Å². The van der Waals surface area contributed by atoms with E-state index in [9.17, 15) is 19.2 Å². The summed E-state index contributed by atoms with van der Waals surface area (Å²) in [6.45, 7) is 4.28. The number of rotatable bonds is 4. The minimum Gasteiger partial charge on any atom is -0.312 e. The molecule has 174 valence electrons. The van der Waals surface area contributed by atoms with Gasteiger partial charge in [-0.15, -0.1) is 11.3 Å². The van der Waals surface area contributed by atoms with Crippen LogP contribution < -0.4 is 5.56 Å². The zero-order valence-corrected chi connectivity index (χ0v) is 19.9. The fourth-order valence-corrected chi connectivity index (χ4v) is 6.86. The average Bonchev–Trinajstić information content (AvgIpc) is 3.20. The number of aryl methyl sites for hydroxylation is 1. The maximum Gasteiger partial charge on any atom is 0.332 e. The van der Waals surface area contributed by atoms with Crippen LogP contribution in [0.4, 0.5) is 4.79 Å². The molecular formula is C24H28N4O4S. The first kappa shape index (κ1) is 22.0. The Morgan fingerprint density at radius 2 is 1.73 bits per heavy atom. The molecular weight excluding hydrogens is 440 g/mol. The molecule has 2 saturated heterocycles. The van der Waals surface area contributed by atoms with Crippen molar-refractivity contribution in [1.82, 2.24) is 19.3 Å². The molecule has 9 heteroatoms. The molecule has 0 aromatic carbocycles. The summed E-state index contributed by atoms with van der Waals surface area (Å²) < 4.78 is 1.87. The minimum atomic E-state index is -1.35. The summed E-state index contributed by atoms with van der Waals surface area (Å²) in [4.78, 5) is 57.4. The highest BCUT2D eigenvalue weighted by molar-refractivity contribution is 7.10. The number of aromatic nitrogens is 1. The number of likely N-dealkylation sites (tertiary alicyclic amines) is 1. The van der Waals surface area contributed by atoms with E-state index < -0.39 is 23.3 Å². The van der Waals surface area contributed by atoms with Crippen LogP contribution in [0.25, 0.3) is 0 Å². The standard InChI is InChI=1S/C24H28N4O4S/c1-15-7-8-33-19(15)10-24(21(30)25(2)23(32)26(3)22(24)31)14-27-11-16-9-17(13-27)18-5-4-6-20(29)28(18)12-16/h4-8,16-17H,9-14H2,1-3H3. The third kappa shape index (κ3) is 3.45. The first-order valence-electron chi connectivity index (χ1n) is 11.3. The van der Waals surface area contributed by atoms with Gasteiger partial charge in [-0.3, -0.25) is 24.2 Å². The quantitative estimate of drug-likeness (QED) is 0.641. The van der Waals surface area contributed by atoms with E-state index >= 15 is 0 Å². The summed E-state index contributed by atoms with van der Waals surface area (Å²) in [6, 6.07) is 6.81. The van der Waals surface area contributed by atoms with Gasteiger partial charge in [0, 0.05) is 69.3 Å². The van der Waals surface area contributed by atoms with Crippen LogP contribution in [0.3, 0.4) is 0 Å². The number of urea groups is 1. The van der Waals surface area contributed by atoms with Crippen LogP contribution in [-0.4, -0.2) is 70.8 Å². The van der Waals surface area contributed by atoms with E-state index in [2.05, 4.69) is 4.90 Å². The molecule has 5 heterocycles. The predicted octanol–water partition coefficient (Wildman–Crippen LogP) is 1.92. The molecule has 2 aromatic rings. The van der Waals surface area contributed by atoms with Crippen LogP contribution in [-0.2, 0) is 22.6 Å². The van der Waals surface area contributed by atoms with Gasteiger partial charge in [-0.05, 0) is 42.3 Å². The Morgan fingerprint density at radius 1 is 1.00 bits per heavy atom. The maximum atomic E-state index is 13.6. The molecule has 2 atom stereocenters. The van der Waals surface area contributed by atoms with Gasteiger partial charge in [-0.25, -0.2) is 4.79 Å². The Labute approximate surface area is 196 Å². The van der Waals surface area contributed by atoms with Crippen LogP contribution >= 0.6 is 11.3 Å². The molecule has 0 N–H and O–H groups in total. The van der Waals surface area contributed by atoms with Crippen molar-refractivity contribution in [3.63, 3.8) is 0 Å². The van der Waals surface area contributed by atoms with Crippen LogP contribution in [0, 0.1) is 18.3 Å². The van der Waals surface area contributed by atoms with E-state index in [1.165, 1.54) is 25.4 Å². The first-order chi connectivity index (χ1) is 15.7. The number of hydrogen-bond acceptors (Lipinski definition) is 6. The van der Waals surface area contributed by atoms with Gasteiger partial charge in [0.05, 0.1) is 0 Å². The van der Waals surface area contributed by atoms with Crippen molar-refractivity contribution in [3.8, 4) is 0 Å². The molecule has 2 aromatic heterocycles.